The summed E-state index contributed by atoms with van der Waals surface area (Å²) in [5.41, 5.74) is 13.6. The molecule has 1 heterocycles. The third kappa shape index (κ3) is 2.86. The standard InChI is InChI=1S/C41H29N/c1-40(2)32-17-7-9-19-34(32)41(35-20-10-8-18-33(35)40)31-16-6-5-14-29(31)38-30(15-11-21-36(38)41)37-25-24-27-23-22-26-12-3-4-13-28(26)39(27)42-37/h3-25H,1-2H3. The highest BCUT2D eigenvalue weighted by atomic mass is 14.7. The van der Waals surface area contributed by atoms with Crippen molar-refractivity contribution >= 4 is 21.7 Å². The van der Waals surface area contributed by atoms with Gasteiger partial charge in [0.05, 0.1) is 16.6 Å². The van der Waals surface area contributed by atoms with Gasteiger partial charge in [0.1, 0.15) is 0 Å². The van der Waals surface area contributed by atoms with Gasteiger partial charge < -0.3 is 0 Å². The normalized spacial score (nSPS) is 15.3. The van der Waals surface area contributed by atoms with Gasteiger partial charge in [-0.05, 0) is 56.0 Å². The van der Waals surface area contributed by atoms with Crippen molar-refractivity contribution in [3.05, 3.63) is 173 Å². The summed E-state index contributed by atoms with van der Waals surface area (Å²) in [6, 6.07) is 51.5. The molecule has 7 aromatic rings. The number of hydrogen-bond donors (Lipinski definition) is 0. The fourth-order valence-electron chi connectivity index (χ4n) is 8.13. The maximum atomic E-state index is 5.37. The molecule has 42 heavy (non-hydrogen) atoms. The Hall–Kier alpha value is -5.01. The molecule has 0 N–H and O–H groups in total. The average Bonchev–Trinajstić information content (AvgIpc) is 3.35. The zero-order valence-electron chi connectivity index (χ0n) is 23.7. The first-order valence-electron chi connectivity index (χ1n) is 14.8. The summed E-state index contributed by atoms with van der Waals surface area (Å²) in [4.78, 5) is 5.37. The van der Waals surface area contributed by atoms with Crippen LogP contribution in [0.2, 0.25) is 0 Å². The Balaban J connectivity index is 1.41. The van der Waals surface area contributed by atoms with Gasteiger partial charge in [-0.2, -0.15) is 0 Å². The van der Waals surface area contributed by atoms with E-state index in [1.807, 2.05) is 0 Å². The van der Waals surface area contributed by atoms with Gasteiger partial charge in [-0.15, -0.1) is 0 Å². The van der Waals surface area contributed by atoms with E-state index in [-0.39, 0.29) is 5.41 Å². The van der Waals surface area contributed by atoms with E-state index in [4.69, 9.17) is 4.98 Å². The van der Waals surface area contributed by atoms with Gasteiger partial charge in [0.25, 0.3) is 0 Å². The first-order valence-corrected chi connectivity index (χ1v) is 14.8. The molecule has 1 heteroatoms. The smallest absolute Gasteiger partial charge is 0.0787 e. The highest BCUT2D eigenvalue weighted by Crippen LogP contribution is 2.63. The maximum Gasteiger partial charge on any atom is 0.0787 e. The minimum absolute atomic E-state index is 0.102. The third-order valence-corrected chi connectivity index (χ3v) is 9.94. The zero-order chi connectivity index (χ0) is 28.1. The van der Waals surface area contributed by atoms with Gasteiger partial charge in [0, 0.05) is 21.8 Å². The fourth-order valence-corrected chi connectivity index (χ4v) is 8.13. The Bertz CT molecular complexity index is 2190. The Morgan fingerprint density at radius 3 is 1.74 bits per heavy atom. The molecule has 0 bridgehead atoms. The van der Waals surface area contributed by atoms with Gasteiger partial charge in [0.2, 0.25) is 0 Å². The highest BCUT2D eigenvalue weighted by molar-refractivity contribution is 6.06. The van der Waals surface area contributed by atoms with Crippen molar-refractivity contribution in [2.24, 2.45) is 0 Å². The number of rotatable bonds is 1. The van der Waals surface area contributed by atoms with E-state index in [0.717, 1.165) is 11.2 Å². The molecule has 1 aromatic heterocycles. The Labute approximate surface area is 246 Å². The molecule has 9 rings (SSSR count). The number of nitrogens with zero attached hydrogens (tertiary/aromatic N) is 1. The molecule has 198 valence electrons. The topological polar surface area (TPSA) is 12.9 Å². The van der Waals surface area contributed by atoms with Gasteiger partial charge in [-0.25, -0.2) is 4.98 Å². The van der Waals surface area contributed by atoms with Gasteiger partial charge in [0.15, 0.2) is 0 Å². The Kier molecular flexibility index (Phi) is 4.66. The minimum Gasteiger partial charge on any atom is -0.247 e. The van der Waals surface area contributed by atoms with Gasteiger partial charge in [-0.3, -0.25) is 0 Å². The van der Waals surface area contributed by atoms with Crippen LogP contribution in [0.4, 0.5) is 0 Å². The maximum absolute atomic E-state index is 5.37. The van der Waals surface area contributed by atoms with Crippen LogP contribution in [0.25, 0.3) is 44.1 Å². The molecule has 0 aliphatic heterocycles. The highest BCUT2D eigenvalue weighted by Gasteiger charge is 2.53. The van der Waals surface area contributed by atoms with E-state index < -0.39 is 5.41 Å². The zero-order valence-corrected chi connectivity index (χ0v) is 23.7. The van der Waals surface area contributed by atoms with Crippen molar-refractivity contribution < 1.29 is 0 Å². The number of benzene rings is 6. The molecule has 2 aliphatic carbocycles. The summed E-state index contributed by atoms with van der Waals surface area (Å²) in [5.74, 6) is 0. The van der Waals surface area contributed by atoms with E-state index in [0.29, 0.717) is 0 Å². The van der Waals surface area contributed by atoms with Crippen molar-refractivity contribution in [1.82, 2.24) is 4.98 Å². The van der Waals surface area contributed by atoms with E-state index in [1.54, 1.807) is 0 Å². The summed E-state index contributed by atoms with van der Waals surface area (Å²) in [6.45, 7) is 4.75. The second-order valence-electron chi connectivity index (χ2n) is 12.3. The third-order valence-electron chi connectivity index (χ3n) is 9.94. The molecule has 0 atom stereocenters. The van der Waals surface area contributed by atoms with Crippen molar-refractivity contribution in [2.45, 2.75) is 24.7 Å². The van der Waals surface area contributed by atoms with Crippen LogP contribution in [0.3, 0.4) is 0 Å². The van der Waals surface area contributed by atoms with Crippen molar-refractivity contribution in [3.63, 3.8) is 0 Å². The largest absolute Gasteiger partial charge is 0.247 e. The lowest BCUT2D eigenvalue weighted by molar-refractivity contribution is 0.563. The van der Waals surface area contributed by atoms with Crippen molar-refractivity contribution in [1.29, 1.82) is 0 Å². The molecule has 1 spiro atoms. The summed E-state index contributed by atoms with van der Waals surface area (Å²) in [5, 5.41) is 3.58. The van der Waals surface area contributed by atoms with Crippen LogP contribution >= 0.6 is 0 Å². The fraction of sp³-hybridized carbons (Fsp3) is 0.0976. The predicted molar refractivity (Wildman–Crippen MR) is 174 cm³/mol. The van der Waals surface area contributed by atoms with Crippen LogP contribution in [0, 0.1) is 0 Å². The van der Waals surface area contributed by atoms with E-state index >= 15 is 0 Å². The monoisotopic (exact) mass is 535 g/mol. The molecular formula is C41H29N. The molecule has 6 aromatic carbocycles. The SMILES string of the molecule is CC1(C)c2ccccc2C2(c3ccccc3-c3c(-c4ccc5ccc6ccccc6c5n4)cccc32)c2ccccc21. The second-order valence-corrected chi connectivity index (χ2v) is 12.3. The summed E-state index contributed by atoms with van der Waals surface area (Å²) in [7, 11) is 0. The van der Waals surface area contributed by atoms with Crippen LogP contribution in [-0.4, -0.2) is 4.98 Å². The minimum atomic E-state index is -0.395. The number of hydrogen-bond acceptors (Lipinski definition) is 1. The van der Waals surface area contributed by atoms with Crippen LogP contribution in [0.5, 0.6) is 0 Å². The predicted octanol–water partition coefficient (Wildman–Crippen LogP) is 10.1. The molecule has 0 fully saturated rings. The summed E-state index contributed by atoms with van der Waals surface area (Å²) >= 11 is 0. The Morgan fingerprint density at radius 2 is 0.976 bits per heavy atom. The van der Waals surface area contributed by atoms with E-state index in [1.165, 1.54) is 66.2 Å². The number of pyridine rings is 1. The lowest BCUT2D eigenvalue weighted by Gasteiger charge is -2.46. The lowest BCUT2D eigenvalue weighted by atomic mass is 9.55. The summed E-state index contributed by atoms with van der Waals surface area (Å²) < 4.78 is 0. The molecule has 0 amide bonds. The van der Waals surface area contributed by atoms with Crippen LogP contribution in [-0.2, 0) is 10.8 Å². The van der Waals surface area contributed by atoms with E-state index in [2.05, 4.69) is 153 Å². The molecule has 2 aliphatic rings. The first-order chi connectivity index (χ1) is 20.6. The second kappa shape index (κ2) is 8.27. The average molecular weight is 536 g/mol. The molecule has 0 radical (unpaired) electrons. The molecule has 1 nitrogen and oxygen atoms in total. The van der Waals surface area contributed by atoms with Gasteiger partial charge in [-0.1, -0.05) is 147 Å². The molecule has 0 saturated heterocycles. The van der Waals surface area contributed by atoms with Crippen LogP contribution in [0.15, 0.2) is 140 Å². The van der Waals surface area contributed by atoms with E-state index in [9.17, 15) is 0 Å². The number of aromatic nitrogens is 1. The van der Waals surface area contributed by atoms with Crippen LogP contribution in [0.1, 0.15) is 47.2 Å². The number of fused-ring (bicyclic) bond motifs is 12. The van der Waals surface area contributed by atoms with Gasteiger partial charge >= 0.3 is 0 Å². The molecule has 0 saturated carbocycles. The molecular weight excluding hydrogens is 506 g/mol. The lowest BCUT2D eigenvalue weighted by Crippen LogP contribution is -2.40. The van der Waals surface area contributed by atoms with Crippen molar-refractivity contribution in [2.75, 3.05) is 0 Å². The Morgan fingerprint density at radius 1 is 0.429 bits per heavy atom. The van der Waals surface area contributed by atoms with Crippen LogP contribution < -0.4 is 0 Å². The quantitative estimate of drug-likeness (QED) is 0.191. The summed E-state index contributed by atoms with van der Waals surface area (Å²) in [6.07, 6.45) is 0. The first kappa shape index (κ1) is 23.7. The van der Waals surface area contributed by atoms with Crippen molar-refractivity contribution in [3.8, 4) is 22.4 Å². The molecule has 0 unspecified atom stereocenters.